The number of nitrogens with zero attached hydrogens (tertiary/aromatic N) is 3. The minimum atomic E-state index is -4.52. The van der Waals surface area contributed by atoms with Gasteiger partial charge in [-0.1, -0.05) is 24.3 Å². The number of amides is 1. The summed E-state index contributed by atoms with van der Waals surface area (Å²) in [6.07, 6.45) is 1.39. The molecule has 2 fully saturated rings. The molecule has 1 amide bonds. The van der Waals surface area contributed by atoms with Crippen molar-refractivity contribution in [2.75, 3.05) is 38.1 Å². The molecule has 0 atom stereocenters. The van der Waals surface area contributed by atoms with Crippen molar-refractivity contribution < 1.29 is 22.7 Å². The van der Waals surface area contributed by atoms with Crippen molar-refractivity contribution in [1.29, 1.82) is 0 Å². The summed E-state index contributed by atoms with van der Waals surface area (Å²) in [4.78, 5) is 21.0. The van der Waals surface area contributed by atoms with E-state index in [1.807, 2.05) is 24.3 Å². The van der Waals surface area contributed by atoms with Crippen molar-refractivity contribution in [2.45, 2.75) is 31.6 Å². The van der Waals surface area contributed by atoms with Gasteiger partial charge in [0.15, 0.2) is 6.61 Å². The van der Waals surface area contributed by atoms with Gasteiger partial charge in [0, 0.05) is 56.8 Å². The molecule has 1 saturated carbocycles. The Balaban J connectivity index is 1.17. The summed E-state index contributed by atoms with van der Waals surface area (Å²) in [5, 5.41) is 2.53. The molecule has 3 aromatic rings. The number of hydrogen-bond acceptors (Lipinski definition) is 5. The third-order valence-electron chi connectivity index (χ3n) is 6.78. The maximum Gasteiger partial charge on any atom is 0.416 e. The van der Waals surface area contributed by atoms with Gasteiger partial charge in [0.25, 0.3) is 5.91 Å². The monoisotopic (exact) mass is 510 g/mol. The predicted octanol–water partition coefficient (Wildman–Crippen LogP) is 5.06. The van der Waals surface area contributed by atoms with Crippen LogP contribution in [-0.4, -0.2) is 59.5 Å². The van der Waals surface area contributed by atoms with Gasteiger partial charge in [-0.2, -0.15) is 13.2 Å². The van der Waals surface area contributed by atoms with E-state index in [0.717, 1.165) is 43.4 Å². The van der Waals surface area contributed by atoms with Crippen LogP contribution in [-0.2, 0) is 17.5 Å². The van der Waals surface area contributed by atoms with Crippen LogP contribution in [0.25, 0.3) is 11.1 Å². The molecular formula is C28H29F3N4O2. The molecule has 2 aromatic carbocycles. The molecule has 1 aliphatic heterocycles. The molecular weight excluding hydrogens is 481 g/mol. The highest BCUT2D eigenvalue weighted by Gasteiger charge is 2.35. The minimum absolute atomic E-state index is 0.0927. The van der Waals surface area contributed by atoms with Gasteiger partial charge in [-0.3, -0.25) is 19.6 Å². The zero-order valence-electron chi connectivity index (χ0n) is 20.4. The minimum Gasteiger partial charge on any atom is -0.484 e. The Morgan fingerprint density at radius 3 is 2.41 bits per heavy atom. The summed E-state index contributed by atoms with van der Waals surface area (Å²) in [6.45, 7) is 3.22. The number of ether oxygens (including phenoxy) is 1. The highest BCUT2D eigenvalue weighted by atomic mass is 19.4. The van der Waals surface area contributed by atoms with E-state index in [4.69, 9.17) is 4.74 Å². The van der Waals surface area contributed by atoms with Gasteiger partial charge in [-0.15, -0.1) is 0 Å². The van der Waals surface area contributed by atoms with Gasteiger partial charge in [0.2, 0.25) is 0 Å². The second-order valence-electron chi connectivity index (χ2n) is 9.52. The molecule has 2 heterocycles. The normalized spacial score (nSPS) is 16.9. The molecule has 1 saturated heterocycles. The van der Waals surface area contributed by atoms with Gasteiger partial charge in [0.1, 0.15) is 5.75 Å². The van der Waals surface area contributed by atoms with Crippen molar-refractivity contribution in [1.82, 2.24) is 14.8 Å². The summed E-state index contributed by atoms with van der Waals surface area (Å²) in [7, 11) is 0. The fourth-order valence-electron chi connectivity index (χ4n) is 4.65. The Labute approximate surface area is 214 Å². The molecule has 0 spiro atoms. The first-order chi connectivity index (χ1) is 17.8. The standard InChI is InChI=1S/C28H29F3N4O2/c29-28(30,31)26-16-23(6-3-22(26)18-34-12-14-35(15-13-34)24-7-8-24)33-27(36)19-37-25-9-4-20(5-10-25)21-2-1-11-32-17-21/h1-6,9-11,16-17,24H,7-8,12-15,18-19H2,(H,33,36). The third-order valence-corrected chi connectivity index (χ3v) is 6.78. The van der Waals surface area contributed by atoms with Crippen LogP contribution in [0.2, 0.25) is 0 Å². The first-order valence-electron chi connectivity index (χ1n) is 12.4. The van der Waals surface area contributed by atoms with Gasteiger partial charge in [0.05, 0.1) is 5.56 Å². The fraction of sp³-hybridized carbons (Fsp3) is 0.357. The quantitative estimate of drug-likeness (QED) is 0.459. The number of benzene rings is 2. The van der Waals surface area contributed by atoms with Gasteiger partial charge in [-0.05, 0) is 59.9 Å². The number of aromatic nitrogens is 1. The fourth-order valence-corrected chi connectivity index (χ4v) is 4.65. The van der Waals surface area contributed by atoms with E-state index in [1.165, 1.54) is 25.0 Å². The van der Waals surface area contributed by atoms with Crippen LogP contribution in [0.4, 0.5) is 18.9 Å². The lowest BCUT2D eigenvalue weighted by Gasteiger charge is -2.35. The van der Waals surface area contributed by atoms with Crippen LogP contribution < -0.4 is 10.1 Å². The maximum atomic E-state index is 13.9. The van der Waals surface area contributed by atoms with Crippen molar-refractivity contribution in [3.8, 4) is 16.9 Å². The predicted molar refractivity (Wildman–Crippen MR) is 135 cm³/mol. The van der Waals surface area contributed by atoms with E-state index in [9.17, 15) is 18.0 Å². The molecule has 0 bridgehead atoms. The Bertz CT molecular complexity index is 1210. The Kier molecular flexibility index (Phi) is 7.43. The molecule has 6 nitrogen and oxygen atoms in total. The molecule has 37 heavy (non-hydrogen) atoms. The molecule has 0 radical (unpaired) electrons. The van der Waals surface area contributed by atoms with E-state index in [0.29, 0.717) is 11.8 Å². The van der Waals surface area contributed by atoms with Crippen LogP contribution in [0.1, 0.15) is 24.0 Å². The van der Waals surface area contributed by atoms with Crippen LogP contribution in [0.3, 0.4) is 0 Å². The molecule has 1 N–H and O–H groups in total. The number of anilines is 1. The first kappa shape index (κ1) is 25.2. The third kappa shape index (κ3) is 6.67. The molecule has 5 rings (SSSR count). The van der Waals surface area contributed by atoms with E-state index in [1.54, 1.807) is 24.5 Å². The van der Waals surface area contributed by atoms with E-state index in [2.05, 4.69) is 20.1 Å². The molecule has 194 valence electrons. The van der Waals surface area contributed by atoms with E-state index < -0.39 is 17.6 Å². The lowest BCUT2D eigenvalue weighted by atomic mass is 10.0. The first-order valence-corrected chi connectivity index (χ1v) is 12.4. The van der Waals surface area contributed by atoms with E-state index in [-0.39, 0.29) is 24.4 Å². The Morgan fingerprint density at radius 2 is 1.76 bits per heavy atom. The number of rotatable bonds is 8. The SMILES string of the molecule is O=C(COc1ccc(-c2cccnc2)cc1)Nc1ccc(CN2CCN(C3CC3)CC2)c(C(F)(F)F)c1. The van der Waals surface area contributed by atoms with Crippen LogP contribution in [0, 0.1) is 0 Å². The molecule has 9 heteroatoms. The zero-order chi connectivity index (χ0) is 25.8. The lowest BCUT2D eigenvalue weighted by Crippen LogP contribution is -2.46. The van der Waals surface area contributed by atoms with Crippen LogP contribution >= 0.6 is 0 Å². The average Bonchev–Trinajstić information content (AvgIpc) is 3.75. The number of nitrogens with one attached hydrogen (secondary N) is 1. The van der Waals surface area contributed by atoms with Gasteiger partial charge in [-0.25, -0.2) is 0 Å². The van der Waals surface area contributed by atoms with Gasteiger partial charge >= 0.3 is 6.18 Å². The maximum absolute atomic E-state index is 13.9. The number of alkyl halides is 3. The molecule has 1 aromatic heterocycles. The van der Waals surface area contributed by atoms with Crippen molar-refractivity contribution in [2.24, 2.45) is 0 Å². The van der Waals surface area contributed by atoms with Crippen LogP contribution in [0.5, 0.6) is 5.75 Å². The summed E-state index contributed by atoms with van der Waals surface area (Å²) in [5.41, 5.74) is 1.50. The highest BCUT2D eigenvalue weighted by molar-refractivity contribution is 5.92. The molecule has 1 aliphatic carbocycles. The number of pyridine rings is 1. The summed E-state index contributed by atoms with van der Waals surface area (Å²) in [6, 6.07) is 15.6. The Morgan fingerprint density at radius 1 is 1.00 bits per heavy atom. The summed E-state index contributed by atoms with van der Waals surface area (Å²) < 4.78 is 47.1. The number of piperazine rings is 1. The largest absolute Gasteiger partial charge is 0.484 e. The van der Waals surface area contributed by atoms with Crippen molar-refractivity contribution in [3.63, 3.8) is 0 Å². The number of halogens is 3. The topological polar surface area (TPSA) is 57.7 Å². The molecule has 0 unspecified atom stereocenters. The average molecular weight is 511 g/mol. The number of carbonyl (C=O) groups excluding carboxylic acids is 1. The van der Waals surface area contributed by atoms with Crippen molar-refractivity contribution >= 4 is 11.6 Å². The Hall–Kier alpha value is -3.43. The zero-order valence-corrected chi connectivity index (χ0v) is 20.4. The second kappa shape index (κ2) is 10.9. The summed E-state index contributed by atoms with van der Waals surface area (Å²) in [5.74, 6) is -0.0516. The second-order valence-corrected chi connectivity index (χ2v) is 9.52. The number of hydrogen-bond donors (Lipinski definition) is 1. The smallest absolute Gasteiger partial charge is 0.416 e. The van der Waals surface area contributed by atoms with Crippen molar-refractivity contribution in [3.05, 3.63) is 78.1 Å². The number of carbonyl (C=O) groups is 1. The van der Waals surface area contributed by atoms with Gasteiger partial charge < -0.3 is 10.1 Å². The van der Waals surface area contributed by atoms with Crippen LogP contribution in [0.15, 0.2) is 67.0 Å². The lowest BCUT2D eigenvalue weighted by molar-refractivity contribution is -0.138. The summed E-state index contributed by atoms with van der Waals surface area (Å²) >= 11 is 0. The van der Waals surface area contributed by atoms with E-state index >= 15 is 0 Å². The molecule has 2 aliphatic rings. The highest BCUT2D eigenvalue weighted by Crippen LogP contribution is 2.35.